The number of urea groups is 1. The number of amides is 2. The van der Waals surface area contributed by atoms with Crippen LogP contribution in [0.2, 0.25) is 0 Å². The standard InChI is InChI=1S/C19H18N4OS/c1-13-8-11-25-18(13)23-17-15(6-5-10-21-17)12-22(19(23)24)14(2)16-7-3-4-9-20-16/h3-11,14H,12H2,1-2H3. The minimum absolute atomic E-state index is 0.0603. The Bertz CT molecular complexity index is 909. The number of pyridine rings is 2. The van der Waals surface area contributed by atoms with Crippen molar-refractivity contribution in [2.24, 2.45) is 0 Å². The van der Waals surface area contributed by atoms with Gasteiger partial charge in [0.25, 0.3) is 0 Å². The highest BCUT2D eigenvalue weighted by atomic mass is 32.1. The number of aryl methyl sites for hydroxylation is 1. The molecule has 1 aliphatic heterocycles. The maximum atomic E-state index is 13.3. The monoisotopic (exact) mass is 350 g/mol. The van der Waals surface area contributed by atoms with Gasteiger partial charge in [0.2, 0.25) is 0 Å². The first kappa shape index (κ1) is 15.8. The van der Waals surface area contributed by atoms with Gasteiger partial charge in [-0.15, -0.1) is 11.3 Å². The molecule has 0 N–H and O–H groups in total. The second-order valence-electron chi connectivity index (χ2n) is 6.07. The van der Waals surface area contributed by atoms with E-state index in [0.29, 0.717) is 6.54 Å². The number of fused-ring (bicyclic) bond motifs is 1. The third kappa shape index (κ3) is 2.68. The summed E-state index contributed by atoms with van der Waals surface area (Å²) in [4.78, 5) is 25.8. The zero-order chi connectivity index (χ0) is 17.4. The Kier molecular flexibility index (Phi) is 3.97. The van der Waals surface area contributed by atoms with Crippen molar-refractivity contribution in [2.75, 3.05) is 4.90 Å². The first-order chi connectivity index (χ1) is 12.2. The zero-order valence-corrected chi connectivity index (χ0v) is 14.9. The molecule has 1 atom stereocenters. The van der Waals surface area contributed by atoms with Crippen LogP contribution in [0.25, 0.3) is 0 Å². The predicted octanol–water partition coefficient (Wildman–Crippen LogP) is 4.68. The summed E-state index contributed by atoms with van der Waals surface area (Å²) in [7, 11) is 0. The maximum Gasteiger partial charge on any atom is 0.331 e. The van der Waals surface area contributed by atoms with Gasteiger partial charge in [0, 0.05) is 18.0 Å². The largest absolute Gasteiger partial charge is 0.331 e. The summed E-state index contributed by atoms with van der Waals surface area (Å²) >= 11 is 1.56. The molecule has 3 aromatic heterocycles. The number of thiophene rings is 1. The smallest absolute Gasteiger partial charge is 0.311 e. The molecule has 6 heteroatoms. The lowest BCUT2D eigenvalue weighted by atomic mass is 10.1. The van der Waals surface area contributed by atoms with Crippen LogP contribution >= 0.6 is 11.3 Å². The molecule has 1 aliphatic rings. The van der Waals surface area contributed by atoms with E-state index in [9.17, 15) is 4.79 Å². The molecule has 0 aliphatic carbocycles. The Balaban J connectivity index is 1.80. The number of aromatic nitrogens is 2. The Morgan fingerprint density at radius 2 is 1.96 bits per heavy atom. The van der Waals surface area contributed by atoms with E-state index >= 15 is 0 Å². The fourth-order valence-electron chi connectivity index (χ4n) is 3.09. The normalized spacial score (nSPS) is 15.2. The Labute approximate surface area is 150 Å². The van der Waals surface area contributed by atoms with Gasteiger partial charge in [0.05, 0.1) is 18.3 Å². The van der Waals surface area contributed by atoms with Gasteiger partial charge < -0.3 is 4.90 Å². The average Bonchev–Trinajstić information content (AvgIpc) is 3.07. The van der Waals surface area contributed by atoms with Crippen LogP contribution in [-0.2, 0) is 6.54 Å². The fraction of sp³-hybridized carbons (Fsp3) is 0.211. The van der Waals surface area contributed by atoms with Crippen LogP contribution in [0.5, 0.6) is 0 Å². The number of hydrogen-bond acceptors (Lipinski definition) is 4. The third-order valence-corrected chi connectivity index (χ3v) is 5.48. The van der Waals surface area contributed by atoms with Crippen LogP contribution in [-0.4, -0.2) is 20.9 Å². The van der Waals surface area contributed by atoms with Gasteiger partial charge in [0.1, 0.15) is 10.8 Å². The van der Waals surface area contributed by atoms with E-state index in [1.54, 1.807) is 28.6 Å². The molecular weight excluding hydrogens is 332 g/mol. The first-order valence-electron chi connectivity index (χ1n) is 8.16. The van der Waals surface area contributed by atoms with Crippen molar-refractivity contribution in [1.82, 2.24) is 14.9 Å². The van der Waals surface area contributed by atoms with Crippen molar-refractivity contribution >= 4 is 28.2 Å². The van der Waals surface area contributed by atoms with Crippen molar-refractivity contribution in [3.63, 3.8) is 0 Å². The molecule has 0 aromatic carbocycles. The summed E-state index contributed by atoms with van der Waals surface area (Å²) < 4.78 is 0. The summed E-state index contributed by atoms with van der Waals surface area (Å²) in [5.74, 6) is 0.725. The molecule has 1 unspecified atom stereocenters. The Hall–Kier alpha value is -2.73. The van der Waals surface area contributed by atoms with Crippen LogP contribution in [0.1, 0.15) is 29.8 Å². The maximum absolute atomic E-state index is 13.3. The molecule has 126 valence electrons. The molecular formula is C19H18N4OS. The molecule has 25 heavy (non-hydrogen) atoms. The lowest BCUT2D eigenvalue weighted by Gasteiger charge is -2.38. The number of rotatable bonds is 3. The van der Waals surface area contributed by atoms with Crippen LogP contribution in [0.15, 0.2) is 54.2 Å². The second kappa shape index (κ2) is 6.29. The van der Waals surface area contributed by atoms with Gasteiger partial charge in [-0.05, 0) is 49.1 Å². The van der Waals surface area contributed by atoms with Crippen LogP contribution in [0, 0.1) is 6.92 Å². The third-order valence-electron chi connectivity index (χ3n) is 4.48. The van der Waals surface area contributed by atoms with E-state index in [4.69, 9.17) is 0 Å². The zero-order valence-electron chi connectivity index (χ0n) is 14.1. The topological polar surface area (TPSA) is 49.3 Å². The van der Waals surface area contributed by atoms with Crippen molar-refractivity contribution in [3.8, 4) is 0 Å². The Morgan fingerprint density at radius 1 is 1.12 bits per heavy atom. The summed E-state index contributed by atoms with van der Waals surface area (Å²) in [6.07, 6.45) is 3.50. The van der Waals surface area contributed by atoms with Crippen molar-refractivity contribution in [3.05, 3.63) is 71.0 Å². The second-order valence-corrected chi connectivity index (χ2v) is 6.97. The van der Waals surface area contributed by atoms with Gasteiger partial charge in [0.15, 0.2) is 0 Å². The van der Waals surface area contributed by atoms with Gasteiger partial charge in [-0.1, -0.05) is 12.1 Å². The summed E-state index contributed by atoms with van der Waals surface area (Å²) in [6.45, 7) is 4.56. The molecule has 0 saturated carbocycles. The lowest BCUT2D eigenvalue weighted by Crippen LogP contribution is -2.46. The number of hydrogen-bond donors (Lipinski definition) is 0. The Morgan fingerprint density at radius 3 is 2.68 bits per heavy atom. The van der Waals surface area contributed by atoms with Crippen molar-refractivity contribution in [2.45, 2.75) is 26.4 Å². The predicted molar refractivity (Wildman–Crippen MR) is 99.0 cm³/mol. The number of carbonyl (C=O) groups is 1. The van der Waals surface area contributed by atoms with E-state index < -0.39 is 0 Å². The summed E-state index contributed by atoms with van der Waals surface area (Å²) in [6, 6.07) is 11.6. The highest BCUT2D eigenvalue weighted by Gasteiger charge is 2.36. The first-order valence-corrected chi connectivity index (χ1v) is 9.04. The molecule has 0 bridgehead atoms. The van der Waals surface area contributed by atoms with E-state index in [2.05, 4.69) is 9.97 Å². The van der Waals surface area contributed by atoms with Crippen molar-refractivity contribution in [1.29, 1.82) is 0 Å². The van der Waals surface area contributed by atoms with Gasteiger partial charge in [-0.3, -0.25) is 4.98 Å². The number of carbonyl (C=O) groups excluding carboxylic acids is 1. The SMILES string of the molecule is Cc1ccsc1N1C(=O)N(C(C)c2ccccn2)Cc2cccnc21. The van der Waals surface area contributed by atoms with E-state index in [-0.39, 0.29) is 12.1 Å². The molecule has 0 fully saturated rings. The van der Waals surface area contributed by atoms with Crippen molar-refractivity contribution < 1.29 is 4.79 Å². The van der Waals surface area contributed by atoms with Gasteiger partial charge in [-0.2, -0.15) is 0 Å². The summed E-state index contributed by atoms with van der Waals surface area (Å²) in [5.41, 5.74) is 2.99. The van der Waals surface area contributed by atoms with Crippen LogP contribution < -0.4 is 4.90 Å². The minimum atomic E-state index is -0.121. The highest BCUT2D eigenvalue weighted by Crippen LogP contribution is 2.40. The molecule has 0 radical (unpaired) electrons. The molecule has 2 amide bonds. The van der Waals surface area contributed by atoms with E-state index in [1.165, 1.54) is 0 Å². The van der Waals surface area contributed by atoms with Gasteiger partial charge in [-0.25, -0.2) is 14.7 Å². The molecule has 0 spiro atoms. The molecule has 5 nitrogen and oxygen atoms in total. The quantitative estimate of drug-likeness (QED) is 0.689. The van der Waals surface area contributed by atoms with E-state index in [1.807, 2.05) is 60.5 Å². The molecule has 0 saturated heterocycles. The van der Waals surface area contributed by atoms with Gasteiger partial charge >= 0.3 is 6.03 Å². The molecule has 3 aromatic rings. The highest BCUT2D eigenvalue weighted by molar-refractivity contribution is 7.14. The fourth-order valence-corrected chi connectivity index (χ4v) is 4.01. The number of nitrogens with zero attached hydrogens (tertiary/aromatic N) is 4. The van der Waals surface area contributed by atoms with Crippen LogP contribution in [0.3, 0.4) is 0 Å². The van der Waals surface area contributed by atoms with Crippen LogP contribution in [0.4, 0.5) is 15.6 Å². The molecule has 4 rings (SSSR count). The molecule has 4 heterocycles. The number of anilines is 2. The average molecular weight is 350 g/mol. The van der Waals surface area contributed by atoms with E-state index in [0.717, 1.165) is 27.6 Å². The minimum Gasteiger partial charge on any atom is -0.311 e. The summed E-state index contributed by atoms with van der Waals surface area (Å²) in [5, 5.41) is 2.92. The lowest BCUT2D eigenvalue weighted by molar-refractivity contribution is 0.179.